The molecule has 1 aliphatic rings. The van der Waals surface area contributed by atoms with Crippen molar-refractivity contribution >= 4 is 11.9 Å². The summed E-state index contributed by atoms with van der Waals surface area (Å²) in [6.45, 7) is 5.29. The van der Waals surface area contributed by atoms with Crippen molar-refractivity contribution < 1.29 is 14.3 Å². The van der Waals surface area contributed by atoms with Gasteiger partial charge in [0.05, 0.1) is 0 Å². The fraction of sp³-hybridized carbons (Fsp3) is 0.692. The van der Waals surface area contributed by atoms with E-state index in [4.69, 9.17) is 4.74 Å². The lowest BCUT2D eigenvalue weighted by Gasteiger charge is -2.22. The maximum atomic E-state index is 11.8. The average molecular weight is 239 g/mol. The van der Waals surface area contributed by atoms with Gasteiger partial charge in [0.15, 0.2) is 0 Å². The molecule has 0 aromatic rings. The Morgan fingerprint density at radius 1 is 1.41 bits per heavy atom. The van der Waals surface area contributed by atoms with Gasteiger partial charge in [0.1, 0.15) is 12.6 Å². The molecular formula is C13H21NO3. The largest absolute Gasteiger partial charge is 0.460 e. The average Bonchev–Trinajstić information content (AvgIpc) is 2.36. The van der Waals surface area contributed by atoms with E-state index >= 15 is 0 Å². The second-order valence-electron chi connectivity index (χ2n) is 4.48. The van der Waals surface area contributed by atoms with Crippen molar-refractivity contribution in [1.29, 1.82) is 0 Å². The second-order valence-corrected chi connectivity index (χ2v) is 4.48. The Balaban J connectivity index is 2.33. The molecule has 0 bridgehead atoms. The van der Waals surface area contributed by atoms with Gasteiger partial charge in [-0.25, -0.2) is 4.79 Å². The third kappa shape index (κ3) is 4.59. The van der Waals surface area contributed by atoms with Gasteiger partial charge in [-0.15, -0.1) is 0 Å². The van der Waals surface area contributed by atoms with Crippen molar-refractivity contribution in [2.24, 2.45) is 5.92 Å². The van der Waals surface area contributed by atoms with Crippen LogP contribution in [0.15, 0.2) is 12.7 Å². The van der Waals surface area contributed by atoms with Crippen LogP contribution in [0.5, 0.6) is 0 Å². The van der Waals surface area contributed by atoms with Gasteiger partial charge in [0, 0.05) is 5.92 Å². The molecule has 1 atom stereocenters. The van der Waals surface area contributed by atoms with Gasteiger partial charge in [0.25, 0.3) is 0 Å². The summed E-state index contributed by atoms with van der Waals surface area (Å²) in [4.78, 5) is 23.3. The van der Waals surface area contributed by atoms with Crippen molar-refractivity contribution in [3.8, 4) is 0 Å². The lowest BCUT2D eigenvalue weighted by molar-refractivity contribution is -0.146. The summed E-state index contributed by atoms with van der Waals surface area (Å²) >= 11 is 0. The molecule has 0 aromatic carbocycles. The molecule has 1 N–H and O–H groups in total. The van der Waals surface area contributed by atoms with Crippen LogP contribution >= 0.6 is 0 Å². The molecule has 17 heavy (non-hydrogen) atoms. The summed E-state index contributed by atoms with van der Waals surface area (Å²) < 4.78 is 4.87. The molecule has 0 heterocycles. The number of carbonyl (C=O) groups is 2. The SMILES string of the molecule is C=CCOC(=O)C(C)NC(=O)C1CCCCC1. The van der Waals surface area contributed by atoms with Crippen LogP contribution in [0.25, 0.3) is 0 Å². The van der Waals surface area contributed by atoms with E-state index in [0.717, 1.165) is 25.7 Å². The first-order valence-electron chi connectivity index (χ1n) is 6.23. The minimum atomic E-state index is -0.579. The highest BCUT2D eigenvalue weighted by Crippen LogP contribution is 2.23. The number of amides is 1. The lowest BCUT2D eigenvalue weighted by atomic mass is 9.88. The molecule has 0 radical (unpaired) electrons. The zero-order valence-corrected chi connectivity index (χ0v) is 10.4. The summed E-state index contributed by atoms with van der Waals surface area (Å²) in [7, 11) is 0. The highest BCUT2D eigenvalue weighted by atomic mass is 16.5. The molecule has 4 nitrogen and oxygen atoms in total. The fourth-order valence-corrected chi connectivity index (χ4v) is 2.02. The topological polar surface area (TPSA) is 55.4 Å². The van der Waals surface area contributed by atoms with Gasteiger partial charge in [-0.05, 0) is 19.8 Å². The third-order valence-electron chi connectivity index (χ3n) is 3.03. The Morgan fingerprint density at radius 3 is 2.65 bits per heavy atom. The van der Waals surface area contributed by atoms with E-state index in [2.05, 4.69) is 11.9 Å². The van der Waals surface area contributed by atoms with Crippen LogP contribution in [-0.4, -0.2) is 24.5 Å². The summed E-state index contributed by atoms with van der Waals surface area (Å²) in [6, 6.07) is -0.579. The predicted octanol–water partition coefficient (Wildman–Crippen LogP) is 1.80. The van der Waals surface area contributed by atoms with Gasteiger partial charge in [-0.2, -0.15) is 0 Å². The Hall–Kier alpha value is -1.32. The van der Waals surface area contributed by atoms with E-state index in [1.807, 2.05) is 0 Å². The monoisotopic (exact) mass is 239 g/mol. The molecule has 1 amide bonds. The number of ether oxygens (including phenoxy) is 1. The first-order valence-corrected chi connectivity index (χ1v) is 6.23. The van der Waals surface area contributed by atoms with E-state index in [-0.39, 0.29) is 18.4 Å². The molecule has 1 aliphatic carbocycles. The van der Waals surface area contributed by atoms with Crippen LogP contribution in [0.3, 0.4) is 0 Å². The number of esters is 1. The van der Waals surface area contributed by atoms with Gasteiger partial charge in [-0.1, -0.05) is 31.9 Å². The number of hydrogen-bond acceptors (Lipinski definition) is 3. The maximum absolute atomic E-state index is 11.8. The van der Waals surface area contributed by atoms with E-state index in [9.17, 15) is 9.59 Å². The smallest absolute Gasteiger partial charge is 0.328 e. The van der Waals surface area contributed by atoms with E-state index < -0.39 is 12.0 Å². The molecule has 0 spiro atoms. The van der Waals surface area contributed by atoms with E-state index in [0.29, 0.717) is 0 Å². The Kier molecular flexibility index (Phi) is 5.73. The zero-order chi connectivity index (χ0) is 12.7. The first kappa shape index (κ1) is 13.7. The lowest BCUT2D eigenvalue weighted by Crippen LogP contribution is -2.43. The van der Waals surface area contributed by atoms with Crippen LogP contribution in [-0.2, 0) is 14.3 Å². The molecule has 1 saturated carbocycles. The molecule has 1 fully saturated rings. The quantitative estimate of drug-likeness (QED) is 0.588. The number of hydrogen-bond donors (Lipinski definition) is 1. The molecule has 4 heteroatoms. The van der Waals surface area contributed by atoms with E-state index in [1.165, 1.54) is 12.5 Å². The molecular weight excluding hydrogens is 218 g/mol. The summed E-state index contributed by atoms with van der Waals surface area (Å²) in [5.74, 6) is -0.361. The van der Waals surface area contributed by atoms with Crippen molar-refractivity contribution in [2.75, 3.05) is 6.61 Å². The Bertz CT molecular complexity index is 282. The molecule has 0 aliphatic heterocycles. The van der Waals surface area contributed by atoms with Crippen molar-refractivity contribution in [3.63, 3.8) is 0 Å². The molecule has 96 valence electrons. The highest BCUT2D eigenvalue weighted by Gasteiger charge is 2.24. The van der Waals surface area contributed by atoms with Crippen molar-refractivity contribution in [3.05, 3.63) is 12.7 Å². The van der Waals surface area contributed by atoms with Crippen molar-refractivity contribution in [1.82, 2.24) is 5.32 Å². The summed E-state index contributed by atoms with van der Waals surface area (Å²) in [5, 5.41) is 2.71. The molecule has 0 aromatic heterocycles. The van der Waals surface area contributed by atoms with Gasteiger partial charge >= 0.3 is 5.97 Å². The van der Waals surface area contributed by atoms with Crippen LogP contribution in [0, 0.1) is 5.92 Å². The molecule has 1 unspecified atom stereocenters. The first-order chi connectivity index (χ1) is 8.15. The normalized spacial score (nSPS) is 18.2. The summed E-state index contributed by atoms with van der Waals surface area (Å²) in [6.07, 6.45) is 6.79. The van der Waals surface area contributed by atoms with Crippen molar-refractivity contribution in [2.45, 2.75) is 45.1 Å². The number of carbonyl (C=O) groups excluding carboxylic acids is 2. The van der Waals surface area contributed by atoms with Crippen LogP contribution in [0.2, 0.25) is 0 Å². The summed E-state index contributed by atoms with van der Waals surface area (Å²) in [5.41, 5.74) is 0. The van der Waals surface area contributed by atoms with Gasteiger partial charge < -0.3 is 10.1 Å². The zero-order valence-electron chi connectivity index (χ0n) is 10.4. The fourth-order valence-electron chi connectivity index (χ4n) is 2.02. The second kappa shape index (κ2) is 7.09. The van der Waals surface area contributed by atoms with E-state index in [1.54, 1.807) is 6.92 Å². The minimum absolute atomic E-state index is 0.0206. The molecule has 1 rings (SSSR count). The highest BCUT2D eigenvalue weighted by molar-refractivity contribution is 5.85. The van der Waals surface area contributed by atoms with Crippen LogP contribution in [0.1, 0.15) is 39.0 Å². The maximum Gasteiger partial charge on any atom is 0.328 e. The number of nitrogens with one attached hydrogen (secondary N) is 1. The number of rotatable bonds is 5. The van der Waals surface area contributed by atoms with Crippen LogP contribution in [0.4, 0.5) is 0 Å². The van der Waals surface area contributed by atoms with Gasteiger partial charge in [-0.3, -0.25) is 4.79 Å². The van der Waals surface area contributed by atoms with Crippen LogP contribution < -0.4 is 5.32 Å². The standard InChI is InChI=1S/C13H21NO3/c1-3-9-17-13(16)10(2)14-12(15)11-7-5-4-6-8-11/h3,10-11H,1,4-9H2,2H3,(H,14,15). The Morgan fingerprint density at radius 2 is 2.06 bits per heavy atom. The Labute approximate surface area is 102 Å². The molecule has 0 saturated heterocycles. The predicted molar refractivity (Wildman–Crippen MR) is 65.3 cm³/mol. The minimum Gasteiger partial charge on any atom is -0.460 e. The third-order valence-corrected chi connectivity index (χ3v) is 3.03. The van der Waals surface area contributed by atoms with Gasteiger partial charge in [0.2, 0.25) is 5.91 Å².